The van der Waals surface area contributed by atoms with Gasteiger partial charge in [0.1, 0.15) is 11.6 Å². The molecule has 34 heavy (non-hydrogen) atoms. The van der Waals surface area contributed by atoms with Gasteiger partial charge in [-0.15, -0.1) is 0 Å². The lowest BCUT2D eigenvalue weighted by Gasteiger charge is -2.52. The highest BCUT2D eigenvalue weighted by molar-refractivity contribution is 6.00. The predicted octanol–water partition coefficient (Wildman–Crippen LogP) is 3.83. The van der Waals surface area contributed by atoms with Gasteiger partial charge in [-0.25, -0.2) is 0 Å². The third-order valence-corrected chi connectivity index (χ3v) is 8.17. The molecule has 7 heteroatoms. The third-order valence-electron chi connectivity index (χ3n) is 8.17. The van der Waals surface area contributed by atoms with Crippen LogP contribution < -0.4 is 10.1 Å². The number of nitrogens with one attached hydrogen (secondary N) is 1. The molecule has 0 bridgehead atoms. The first-order valence-corrected chi connectivity index (χ1v) is 13.2. The van der Waals surface area contributed by atoms with Crippen LogP contribution in [0.3, 0.4) is 0 Å². The van der Waals surface area contributed by atoms with Crippen molar-refractivity contribution in [2.75, 3.05) is 26.7 Å². The summed E-state index contributed by atoms with van der Waals surface area (Å²) in [6, 6.07) is 5.12. The van der Waals surface area contributed by atoms with Crippen molar-refractivity contribution < 1.29 is 19.4 Å². The number of carbonyl (C=O) groups is 2. The predicted molar refractivity (Wildman–Crippen MR) is 132 cm³/mol. The third kappa shape index (κ3) is 5.19. The van der Waals surface area contributed by atoms with Gasteiger partial charge >= 0.3 is 0 Å². The minimum atomic E-state index is -0.728. The van der Waals surface area contributed by atoms with E-state index >= 15 is 0 Å². The van der Waals surface area contributed by atoms with E-state index in [9.17, 15) is 14.7 Å². The molecule has 1 aromatic rings. The number of likely N-dealkylation sites (tertiary alicyclic amines) is 1. The molecular formula is C27H41N3O4. The number of ether oxygens (including phenoxy) is 1. The molecule has 188 valence electrons. The van der Waals surface area contributed by atoms with Crippen molar-refractivity contribution in [3.63, 3.8) is 0 Å². The highest BCUT2D eigenvalue weighted by Crippen LogP contribution is 2.36. The highest BCUT2D eigenvalue weighted by Gasteiger charge is 2.53. The van der Waals surface area contributed by atoms with Gasteiger partial charge in [0.15, 0.2) is 11.5 Å². The molecule has 7 nitrogen and oxygen atoms in total. The van der Waals surface area contributed by atoms with Crippen molar-refractivity contribution in [2.45, 2.75) is 89.3 Å². The Morgan fingerprint density at radius 1 is 1.15 bits per heavy atom. The fourth-order valence-electron chi connectivity index (χ4n) is 6.10. The number of benzene rings is 1. The molecule has 1 saturated carbocycles. The van der Waals surface area contributed by atoms with E-state index in [-0.39, 0.29) is 23.6 Å². The molecule has 0 aromatic heterocycles. The van der Waals surface area contributed by atoms with Crippen LogP contribution in [0, 0.1) is 5.92 Å². The molecule has 4 rings (SSSR count). The first-order chi connectivity index (χ1) is 16.5. The molecule has 1 spiro atoms. The Balaban J connectivity index is 1.43. The molecule has 1 aliphatic carbocycles. The fourth-order valence-corrected chi connectivity index (χ4v) is 6.10. The van der Waals surface area contributed by atoms with Gasteiger partial charge in [-0.3, -0.25) is 14.5 Å². The second-order valence-electron chi connectivity index (χ2n) is 10.4. The normalized spacial score (nSPS) is 23.8. The number of phenolic OH excluding ortho intramolecular Hbond substituents is 1. The largest absolute Gasteiger partial charge is 0.504 e. The van der Waals surface area contributed by atoms with E-state index in [1.54, 1.807) is 19.2 Å². The van der Waals surface area contributed by atoms with Crippen molar-refractivity contribution in [2.24, 2.45) is 5.92 Å². The average molecular weight is 472 g/mol. The summed E-state index contributed by atoms with van der Waals surface area (Å²) in [6.45, 7) is 4.97. The second kappa shape index (κ2) is 11.0. The van der Waals surface area contributed by atoms with Crippen molar-refractivity contribution in [1.82, 2.24) is 15.1 Å². The topological polar surface area (TPSA) is 82.1 Å². The van der Waals surface area contributed by atoms with Crippen LogP contribution in [-0.4, -0.2) is 65.0 Å². The molecule has 3 aliphatic rings. The maximum atomic E-state index is 13.7. The van der Waals surface area contributed by atoms with Gasteiger partial charge < -0.3 is 20.1 Å². The number of phenols is 1. The standard InChI is InChI=1S/C27H41N3O4/c1-3-4-14-30-25(32)22(17-20-8-6-5-7-9-20)28-26(33)27(30)12-15-29(16-13-27)19-21-10-11-24(34-2)23(31)18-21/h10-11,18,20,22,31H,3-9,12-17,19H2,1-2H3,(H,28,33)/t22-/m0/s1. The average Bonchev–Trinajstić information content (AvgIpc) is 2.84. The molecule has 1 atom stereocenters. The lowest BCUT2D eigenvalue weighted by Crippen LogP contribution is -2.73. The molecule has 2 saturated heterocycles. The van der Waals surface area contributed by atoms with Crippen molar-refractivity contribution in [3.05, 3.63) is 23.8 Å². The van der Waals surface area contributed by atoms with Crippen molar-refractivity contribution in [3.8, 4) is 11.5 Å². The Morgan fingerprint density at radius 3 is 2.53 bits per heavy atom. The van der Waals surface area contributed by atoms with Crippen molar-refractivity contribution in [1.29, 1.82) is 0 Å². The number of hydrogen-bond donors (Lipinski definition) is 2. The molecule has 0 unspecified atom stereocenters. The number of rotatable bonds is 8. The molecule has 2 amide bonds. The summed E-state index contributed by atoms with van der Waals surface area (Å²) in [6.07, 6.45) is 10.1. The maximum absolute atomic E-state index is 13.7. The summed E-state index contributed by atoms with van der Waals surface area (Å²) < 4.78 is 5.14. The number of hydrogen-bond acceptors (Lipinski definition) is 5. The quantitative estimate of drug-likeness (QED) is 0.602. The molecular weight excluding hydrogens is 430 g/mol. The van der Waals surface area contributed by atoms with Gasteiger partial charge in [0.05, 0.1) is 7.11 Å². The fraction of sp³-hybridized carbons (Fsp3) is 0.704. The van der Waals surface area contributed by atoms with Gasteiger partial charge in [0.2, 0.25) is 11.8 Å². The Labute approximate surface area is 203 Å². The minimum Gasteiger partial charge on any atom is -0.504 e. The number of aromatic hydroxyl groups is 1. The summed E-state index contributed by atoms with van der Waals surface area (Å²) in [4.78, 5) is 31.5. The van der Waals surface area contributed by atoms with Crippen LogP contribution in [-0.2, 0) is 16.1 Å². The van der Waals surface area contributed by atoms with Gasteiger partial charge in [-0.2, -0.15) is 0 Å². The van der Waals surface area contributed by atoms with Crippen LogP contribution in [0.15, 0.2) is 18.2 Å². The molecule has 3 fully saturated rings. The van der Waals surface area contributed by atoms with Gasteiger partial charge in [-0.1, -0.05) is 51.5 Å². The number of methoxy groups -OCH3 is 1. The van der Waals surface area contributed by atoms with Gasteiger partial charge in [-0.05, 0) is 49.3 Å². The number of piperazine rings is 1. The summed E-state index contributed by atoms with van der Waals surface area (Å²) in [5.41, 5.74) is 0.280. The van der Waals surface area contributed by atoms with E-state index in [0.29, 0.717) is 37.6 Å². The molecule has 2 aliphatic heterocycles. The smallest absolute Gasteiger partial charge is 0.246 e. The first kappa shape index (κ1) is 24.8. The van der Waals surface area contributed by atoms with E-state index in [2.05, 4.69) is 17.1 Å². The van der Waals surface area contributed by atoms with Crippen LogP contribution >= 0.6 is 0 Å². The lowest BCUT2D eigenvalue weighted by molar-refractivity contribution is -0.162. The number of carbonyl (C=O) groups excluding carboxylic acids is 2. The Morgan fingerprint density at radius 2 is 1.88 bits per heavy atom. The number of nitrogens with zero attached hydrogens (tertiary/aromatic N) is 2. The minimum absolute atomic E-state index is 0.0470. The van der Waals surface area contributed by atoms with Crippen LogP contribution in [0.4, 0.5) is 0 Å². The molecule has 2 heterocycles. The highest BCUT2D eigenvalue weighted by atomic mass is 16.5. The summed E-state index contributed by atoms with van der Waals surface area (Å²) in [7, 11) is 1.54. The van der Waals surface area contributed by atoms with Crippen LogP contribution in [0.5, 0.6) is 11.5 Å². The second-order valence-corrected chi connectivity index (χ2v) is 10.4. The summed E-state index contributed by atoms with van der Waals surface area (Å²) >= 11 is 0. The number of amides is 2. The summed E-state index contributed by atoms with van der Waals surface area (Å²) in [5, 5.41) is 13.3. The summed E-state index contributed by atoms with van der Waals surface area (Å²) in [5.74, 6) is 1.33. The molecule has 0 radical (unpaired) electrons. The zero-order chi connectivity index (χ0) is 24.1. The van der Waals surface area contributed by atoms with Gasteiger partial charge in [0.25, 0.3) is 0 Å². The molecule has 1 aromatic carbocycles. The van der Waals surface area contributed by atoms with Crippen molar-refractivity contribution >= 4 is 11.8 Å². The van der Waals surface area contributed by atoms with Gasteiger partial charge in [0, 0.05) is 26.2 Å². The number of unbranched alkanes of at least 4 members (excludes halogenated alkanes) is 1. The van der Waals surface area contributed by atoms with Crippen LogP contribution in [0.25, 0.3) is 0 Å². The SMILES string of the molecule is CCCCN1C(=O)[C@H](CC2CCCCC2)NC(=O)C12CCN(Cc1ccc(OC)c(O)c1)CC2. The Bertz CT molecular complexity index is 859. The Hall–Kier alpha value is -2.28. The zero-order valence-electron chi connectivity index (χ0n) is 20.9. The van der Waals surface area contributed by atoms with Crippen LogP contribution in [0.2, 0.25) is 0 Å². The first-order valence-electron chi connectivity index (χ1n) is 13.2. The van der Waals surface area contributed by atoms with E-state index < -0.39 is 5.54 Å². The lowest BCUT2D eigenvalue weighted by atomic mass is 9.79. The maximum Gasteiger partial charge on any atom is 0.246 e. The zero-order valence-corrected chi connectivity index (χ0v) is 20.9. The monoisotopic (exact) mass is 471 g/mol. The van der Waals surface area contributed by atoms with E-state index in [4.69, 9.17) is 4.74 Å². The van der Waals surface area contributed by atoms with Crippen LogP contribution in [0.1, 0.15) is 76.7 Å². The van der Waals surface area contributed by atoms with E-state index in [1.165, 1.54) is 32.1 Å². The number of piperidine rings is 1. The van der Waals surface area contributed by atoms with E-state index in [1.807, 2.05) is 11.0 Å². The van der Waals surface area contributed by atoms with E-state index in [0.717, 1.165) is 37.9 Å². The molecule has 2 N–H and O–H groups in total. The Kier molecular flexibility index (Phi) is 8.02.